The van der Waals surface area contributed by atoms with Crippen molar-refractivity contribution in [3.63, 3.8) is 0 Å². The minimum absolute atomic E-state index is 0.161. The molecule has 3 aromatic rings. The second-order valence-electron chi connectivity index (χ2n) is 5.88. The first-order valence-corrected chi connectivity index (χ1v) is 9.91. The third-order valence-corrected chi connectivity index (χ3v) is 5.04. The molecule has 2 N–H and O–H groups in total. The maximum absolute atomic E-state index is 13.2. The predicted molar refractivity (Wildman–Crippen MR) is 110 cm³/mol. The highest BCUT2D eigenvalue weighted by atomic mass is 35.5. The van der Waals surface area contributed by atoms with E-state index in [0.29, 0.717) is 16.6 Å². The van der Waals surface area contributed by atoms with E-state index in [1.165, 1.54) is 30.0 Å². The van der Waals surface area contributed by atoms with Crippen LogP contribution in [0.3, 0.4) is 0 Å². The van der Waals surface area contributed by atoms with Crippen molar-refractivity contribution in [1.29, 1.82) is 0 Å². The summed E-state index contributed by atoms with van der Waals surface area (Å²) in [4.78, 5) is 24.1. The van der Waals surface area contributed by atoms with Crippen LogP contribution in [-0.2, 0) is 11.3 Å². The largest absolute Gasteiger partial charge is 0.351 e. The second-order valence-corrected chi connectivity index (χ2v) is 7.28. The van der Waals surface area contributed by atoms with Crippen molar-refractivity contribution in [2.24, 2.45) is 0 Å². The molecule has 1 aromatic heterocycles. The van der Waals surface area contributed by atoms with Crippen molar-refractivity contribution < 1.29 is 14.0 Å². The zero-order chi connectivity index (χ0) is 20.6. The van der Waals surface area contributed by atoms with E-state index in [4.69, 9.17) is 11.6 Å². The van der Waals surface area contributed by atoms with Gasteiger partial charge in [0, 0.05) is 17.1 Å². The number of carbonyl (C=O) groups is 2. The van der Waals surface area contributed by atoms with Gasteiger partial charge in [-0.15, -0.1) is 10.2 Å². The molecule has 0 atom stereocenters. The Morgan fingerprint density at radius 1 is 1.03 bits per heavy atom. The quantitative estimate of drug-likeness (QED) is 0.555. The molecule has 0 saturated heterocycles. The lowest BCUT2D eigenvalue weighted by Gasteiger charge is -2.07. The number of carbonyl (C=O) groups excluding carboxylic acids is 2. The molecule has 3 rings (SSSR count). The van der Waals surface area contributed by atoms with Crippen molar-refractivity contribution in [2.75, 3.05) is 11.1 Å². The Kier molecular flexibility index (Phi) is 7.15. The summed E-state index contributed by atoms with van der Waals surface area (Å²) >= 11 is 7.27. The van der Waals surface area contributed by atoms with Gasteiger partial charge in [0.05, 0.1) is 5.75 Å². The molecule has 0 spiro atoms. The van der Waals surface area contributed by atoms with Crippen LogP contribution in [0.2, 0.25) is 5.02 Å². The minimum atomic E-state index is -0.497. The first-order valence-electron chi connectivity index (χ1n) is 8.55. The Labute approximate surface area is 175 Å². The summed E-state index contributed by atoms with van der Waals surface area (Å²) in [5.74, 6) is -0.762. The van der Waals surface area contributed by atoms with Gasteiger partial charge in [0.2, 0.25) is 5.91 Å². The van der Waals surface area contributed by atoms with Crippen LogP contribution in [0.15, 0.2) is 65.7 Å². The molecule has 0 bridgehead atoms. The molecule has 148 valence electrons. The maximum atomic E-state index is 13.2. The van der Waals surface area contributed by atoms with Crippen LogP contribution in [0.1, 0.15) is 15.9 Å². The minimum Gasteiger partial charge on any atom is -0.351 e. The van der Waals surface area contributed by atoms with Crippen LogP contribution in [0, 0.1) is 5.82 Å². The van der Waals surface area contributed by atoms with Crippen molar-refractivity contribution in [2.45, 2.75) is 11.6 Å². The Morgan fingerprint density at radius 2 is 1.86 bits per heavy atom. The van der Waals surface area contributed by atoms with E-state index in [-0.39, 0.29) is 23.0 Å². The monoisotopic (exact) mass is 430 g/mol. The first kappa shape index (κ1) is 20.8. The number of nitrogens with zero attached hydrogens (tertiary/aromatic N) is 2. The number of rotatable bonds is 7. The number of hydrogen-bond donors (Lipinski definition) is 2. The number of amides is 2. The normalized spacial score (nSPS) is 10.4. The Bertz CT molecular complexity index is 1020. The number of halogens is 2. The zero-order valence-electron chi connectivity index (χ0n) is 15.1. The molecule has 0 radical (unpaired) electrons. The van der Waals surface area contributed by atoms with Gasteiger partial charge in [-0.2, -0.15) is 0 Å². The summed E-state index contributed by atoms with van der Waals surface area (Å²) in [5, 5.41) is 14.3. The van der Waals surface area contributed by atoms with Gasteiger partial charge < -0.3 is 10.6 Å². The summed E-state index contributed by atoms with van der Waals surface area (Å²) in [5.41, 5.74) is 1.02. The van der Waals surface area contributed by atoms with Gasteiger partial charge in [-0.1, -0.05) is 47.6 Å². The number of nitrogens with one attached hydrogen (secondary N) is 2. The molecule has 0 aliphatic heterocycles. The molecule has 0 aliphatic rings. The Hall–Kier alpha value is -2.97. The summed E-state index contributed by atoms with van der Waals surface area (Å²) in [6.07, 6.45) is 0. The second kappa shape index (κ2) is 9.99. The van der Waals surface area contributed by atoms with Gasteiger partial charge >= 0.3 is 0 Å². The van der Waals surface area contributed by atoms with Gasteiger partial charge in [-0.25, -0.2) is 4.39 Å². The number of benzene rings is 2. The molecule has 1 heterocycles. The average Bonchev–Trinajstić information content (AvgIpc) is 2.72. The van der Waals surface area contributed by atoms with Crippen LogP contribution >= 0.6 is 23.4 Å². The molecule has 0 unspecified atom stereocenters. The predicted octanol–water partition coefficient (Wildman–Crippen LogP) is 3.93. The van der Waals surface area contributed by atoms with E-state index in [0.717, 1.165) is 11.6 Å². The van der Waals surface area contributed by atoms with Crippen LogP contribution in [0.5, 0.6) is 0 Å². The van der Waals surface area contributed by atoms with Gasteiger partial charge in [-0.3, -0.25) is 9.59 Å². The van der Waals surface area contributed by atoms with E-state index in [9.17, 15) is 14.0 Å². The molecule has 9 heteroatoms. The Morgan fingerprint density at radius 3 is 2.59 bits per heavy atom. The van der Waals surface area contributed by atoms with Crippen LogP contribution in [0.4, 0.5) is 10.2 Å². The highest BCUT2D eigenvalue weighted by Gasteiger charge is 2.09. The molecule has 29 heavy (non-hydrogen) atoms. The lowest BCUT2D eigenvalue weighted by Crippen LogP contribution is -2.24. The van der Waals surface area contributed by atoms with Gasteiger partial charge in [0.25, 0.3) is 5.91 Å². The van der Waals surface area contributed by atoms with Crippen molar-refractivity contribution in [1.82, 2.24) is 15.5 Å². The van der Waals surface area contributed by atoms with Crippen molar-refractivity contribution in [3.8, 4) is 0 Å². The highest BCUT2D eigenvalue weighted by molar-refractivity contribution is 7.99. The van der Waals surface area contributed by atoms with E-state index >= 15 is 0 Å². The van der Waals surface area contributed by atoms with E-state index in [1.54, 1.807) is 18.2 Å². The topological polar surface area (TPSA) is 84.0 Å². The lowest BCUT2D eigenvalue weighted by molar-refractivity contribution is -0.118. The first-order chi connectivity index (χ1) is 14.0. The molecule has 0 saturated carbocycles. The molecule has 0 fully saturated rings. The lowest BCUT2D eigenvalue weighted by atomic mass is 10.2. The van der Waals surface area contributed by atoms with Gasteiger partial charge in [0.1, 0.15) is 10.8 Å². The molecular weight excluding hydrogens is 415 g/mol. The van der Waals surface area contributed by atoms with Crippen molar-refractivity contribution >= 4 is 41.0 Å². The third kappa shape index (κ3) is 6.27. The fourth-order valence-corrected chi connectivity index (χ4v) is 3.15. The smallest absolute Gasteiger partial charge is 0.256 e. The van der Waals surface area contributed by atoms with E-state index in [1.807, 2.05) is 18.2 Å². The fraction of sp³-hybridized carbons (Fsp3) is 0.100. The summed E-state index contributed by atoms with van der Waals surface area (Å²) in [6, 6.07) is 15.8. The van der Waals surface area contributed by atoms with E-state index in [2.05, 4.69) is 20.8 Å². The average molecular weight is 431 g/mol. The third-order valence-electron chi connectivity index (χ3n) is 3.75. The molecule has 2 amide bonds. The Balaban J connectivity index is 1.47. The number of anilines is 1. The highest BCUT2D eigenvalue weighted by Crippen LogP contribution is 2.17. The van der Waals surface area contributed by atoms with Gasteiger partial charge in [0.15, 0.2) is 5.82 Å². The molecule has 2 aromatic carbocycles. The summed E-state index contributed by atoms with van der Waals surface area (Å²) in [6.45, 7) is 0.343. The number of aromatic nitrogens is 2. The summed E-state index contributed by atoms with van der Waals surface area (Å²) < 4.78 is 13.2. The molecule has 6 nitrogen and oxygen atoms in total. The number of hydrogen-bond acceptors (Lipinski definition) is 5. The van der Waals surface area contributed by atoms with Crippen molar-refractivity contribution in [3.05, 3.63) is 82.6 Å². The molecule has 0 aliphatic carbocycles. The SMILES string of the molecule is O=C(CSc1ccc(NC(=O)c2cccc(F)c2)nn1)NCc1ccccc1Cl. The zero-order valence-corrected chi connectivity index (χ0v) is 16.6. The maximum Gasteiger partial charge on any atom is 0.256 e. The van der Waals surface area contributed by atoms with Crippen LogP contribution < -0.4 is 10.6 Å². The van der Waals surface area contributed by atoms with Crippen LogP contribution in [-0.4, -0.2) is 27.8 Å². The van der Waals surface area contributed by atoms with E-state index < -0.39 is 11.7 Å². The standard InChI is InChI=1S/C20H16ClFN4O2S/c21-16-7-2-1-4-14(16)11-23-18(27)12-29-19-9-8-17(25-26-19)24-20(28)13-5-3-6-15(22)10-13/h1-10H,11-12H2,(H,23,27)(H,24,25,28). The summed E-state index contributed by atoms with van der Waals surface area (Å²) in [7, 11) is 0. The van der Waals surface area contributed by atoms with Crippen LogP contribution in [0.25, 0.3) is 0 Å². The number of thioether (sulfide) groups is 1. The van der Waals surface area contributed by atoms with Gasteiger partial charge in [-0.05, 0) is 42.0 Å². The molecular formula is C20H16ClFN4O2S. The fourth-order valence-electron chi connectivity index (χ4n) is 2.31.